The fourth-order valence-electron chi connectivity index (χ4n) is 6.25. The monoisotopic (exact) mass is 436 g/mol. The van der Waals surface area contributed by atoms with Gasteiger partial charge in [0.1, 0.15) is 0 Å². The standard InChI is InChI=1S/C27H36N2OS/c1-2-3-17-31-26-28-24-22-14-8-7-13-21(22)18-27(15-9-10-16-27)23(24)25(30)29(26)19-20-11-5-4-6-12-20/h7-8,13-14,20H,2-6,9-12,15-19H2,1H3. The molecule has 0 radical (unpaired) electrons. The van der Waals surface area contributed by atoms with Crippen LogP contribution in [0, 0.1) is 5.92 Å². The summed E-state index contributed by atoms with van der Waals surface area (Å²) in [7, 11) is 0. The zero-order chi connectivity index (χ0) is 21.3. The van der Waals surface area contributed by atoms with E-state index in [1.54, 1.807) is 11.8 Å². The Balaban J connectivity index is 1.65. The van der Waals surface area contributed by atoms with Gasteiger partial charge in [0.05, 0.1) is 11.3 Å². The molecule has 3 nitrogen and oxygen atoms in total. The summed E-state index contributed by atoms with van der Waals surface area (Å²) < 4.78 is 2.11. The number of benzene rings is 1. The summed E-state index contributed by atoms with van der Waals surface area (Å²) in [5.74, 6) is 1.67. The largest absolute Gasteiger partial charge is 0.287 e. The molecule has 0 aliphatic heterocycles. The second-order valence-electron chi connectivity index (χ2n) is 10.1. The number of unbranched alkanes of at least 4 members (excludes halogenated alkanes) is 1. The highest BCUT2D eigenvalue weighted by molar-refractivity contribution is 7.99. The predicted molar refractivity (Wildman–Crippen MR) is 130 cm³/mol. The van der Waals surface area contributed by atoms with Crippen molar-refractivity contribution in [3.8, 4) is 11.3 Å². The fraction of sp³-hybridized carbons (Fsp3) is 0.630. The molecule has 1 aromatic heterocycles. The maximum Gasteiger partial charge on any atom is 0.258 e. The molecule has 1 spiro atoms. The van der Waals surface area contributed by atoms with E-state index in [0.29, 0.717) is 5.92 Å². The molecule has 0 amide bonds. The van der Waals surface area contributed by atoms with Gasteiger partial charge in [-0.25, -0.2) is 4.98 Å². The van der Waals surface area contributed by atoms with Crippen molar-refractivity contribution in [3.63, 3.8) is 0 Å². The Morgan fingerprint density at radius 1 is 1.10 bits per heavy atom. The Kier molecular flexibility index (Phi) is 6.28. The van der Waals surface area contributed by atoms with E-state index in [1.165, 1.54) is 68.9 Å². The quantitative estimate of drug-likeness (QED) is 0.285. The Hall–Kier alpha value is -1.55. The van der Waals surface area contributed by atoms with E-state index in [-0.39, 0.29) is 11.0 Å². The second kappa shape index (κ2) is 9.13. The van der Waals surface area contributed by atoms with Gasteiger partial charge in [0.25, 0.3) is 5.56 Å². The molecule has 2 saturated carbocycles. The Morgan fingerprint density at radius 2 is 1.87 bits per heavy atom. The van der Waals surface area contributed by atoms with Crippen molar-refractivity contribution in [2.24, 2.45) is 5.92 Å². The fourth-order valence-corrected chi connectivity index (χ4v) is 7.34. The van der Waals surface area contributed by atoms with E-state index < -0.39 is 0 Å². The van der Waals surface area contributed by atoms with Crippen LogP contribution in [0.1, 0.15) is 88.7 Å². The molecule has 0 bridgehead atoms. The number of hydrogen-bond acceptors (Lipinski definition) is 3. The molecule has 5 rings (SSSR count). The summed E-state index contributed by atoms with van der Waals surface area (Å²) in [5.41, 5.74) is 4.94. The first-order valence-electron chi connectivity index (χ1n) is 12.6. The maximum absolute atomic E-state index is 14.2. The molecule has 0 atom stereocenters. The number of aromatic nitrogens is 2. The van der Waals surface area contributed by atoms with Gasteiger partial charge in [0.2, 0.25) is 0 Å². The summed E-state index contributed by atoms with van der Waals surface area (Å²) in [5, 5.41) is 0.965. The van der Waals surface area contributed by atoms with Gasteiger partial charge in [0.15, 0.2) is 5.16 Å². The Morgan fingerprint density at radius 3 is 2.65 bits per heavy atom. The average molecular weight is 437 g/mol. The topological polar surface area (TPSA) is 34.9 Å². The van der Waals surface area contributed by atoms with Crippen molar-refractivity contribution in [3.05, 3.63) is 45.7 Å². The Bertz CT molecular complexity index is 983. The predicted octanol–water partition coefficient (Wildman–Crippen LogP) is 6.75. The lowest BCUT2D eigenvalue weighted by Crippen LogP contribution is -2.41. The van der Waals surface area contributed by atoms with Gasteiger partial charge in [-0.3, -0.25) is 9.36 Å². The third-order valence-electron chi connectivity index (χ3n) is 7.92. The van der Waals surface area contributed by atoms with Crippen molar-refractivity contribution in [2.45, 2.75) is 101 Å². The van der Waals surface area contributed by atoms with Crippen LogP contribution < -0.4 is 5.56 Å². The first kappa shape index (κ1) is 21.3. The highest BCUT2D eigenvalue weighted by atomic mass is 32.2. The molecule has 2 aromatic rings. The van der Waals surface area contributed by atoms with Gasteiger partial charge in [-0.1, -0.05) is 81.5 Å². The van der Waals surface area contributed by atoms with Gasteiger partial charge >= 0.3 is 0 Å². The SMILES string of the molecule is CCCCSc1nc2c(c(=O)n1CC1CCCCC1)C1(CCCC1)Cc1ccccc1-2. The van der Waals surface area contributed by atoms with Crippen LogP contribution in [0.25, 0.3) is 11.3 Å². The van der Waals surface area contributed by atoms with Gasteiger partial charge in [-0.05, 0) is 50.0 Å². The normalized spacial score (nSPS) is 20.0. The minimum atomic E-state index is 0.00863. The number of rotatable bonds is 6. The molecular formula is C27H36N2OS. The summed E-state index contributed by atoms with van der Waals surface area (Å²) in [6.07, 6.45) is 14.6. The molecule has 1 aromatic carbocycles. The van der Waals surface area contributed by atoms with Gasteiger partial charge in [-0.2, -0.15) is 0 Å². The molecule has 166 valence electrons. The molecule has 2 fully saturated rings. The van der Waals surface area contributed by atoms with Gasteiger partial charge in [-0.15, -0.1) is 0 Å². The van der Waals surface area contributed by atoms with E-state index in [0.717, 1.165) is 48.0 Å². The number of thioether (sulfide) groups is 1. The molecule has 0 saturated heterocycles. The van der Waals surface area contributed by atoms with Crippen LogP contribution in [0.2, 0.25) is 0 Å². The van der Waals surface area contributed by atoms with Crippen LogP contribution in [0.3, 0.4) is 0 Å². The van der Waals surface area contributed by atoms with E-state index in [2.05, 4.69) is 35.8 Å². The summed E-state index contributed by atoms with van der Waals surface area (Å²) in [6, 6.07) is 8.70. The average Bonchev–Trinajstić information content (AvgIpc) is 3.25. The van der Waals surface area contributed by atoms with E-state index in [4.69, 9.17) is 4.98 Å². The third-order valence-corrected chi connectivity index (χ3v) is 8.98. The van der Waals surface area contributed by atoms with Crippen molar-refractivity contribution in [1.29, 1.82) is 0 Å². The van der Waals surface area contributed by atoms with Crippen molar-refractivity contribution in [1.82, 2.24) is 9.55 Å². The zero-order valence-electron chi connectivity index (χ0n) is 19.0. The second-order valence-corrected chi connectivity index (χ2v) is 11.1. The van der Waals surface area contributed by atoms with Crippen LogP contribution in [-0.2, 0) is 18.4 Å². The number of fused-ring (bicyclic) bond motifs is 4. The van der Waals surface area contributed by atoms with E-state index in [1.807, 2.05) is 0 Å². The molecule has 4 heteroatoms. The molecule has 0 N–H and O–H groups in total. The number of hydrogen-bond donors (Lipinski definition) is 0. The molecular weight excluding hydrogens is 400 g/mol. The van der Waals surface area contributed by atoms with Crippen LogP contribution in [0.15, 0.2) is 34.2 Å². The maximum atomic E-state index is 14.2. The highest BCUT2D eigenvalue weighted by Gasteiger charge is 2.44. The molecule has 3 aliphatic rings. The van der Waals surface area contributed by atoms with E-state index in [9.17, 15) is 4.79 Å². The zero-order valence-corrected chi connectivity index (χ0v) is 19.8. The van der Waals surface area contributed by atoms with Crippen LogP contribution >= 0.6 is 11.8 Å². The van der Waals surface area contributed by atoms with Crippen molar-refractivity contribution < 1.29 is 0 Å². The molecule has 3 aliphatic carbocycles. The lowest BCUT2D eigenvalue weighted by molar-refractivity contribution is 0.302. The lowest BCUT2D eigenvalue weighted by atomic mass is 9.68. The summed E-state index contributed by atoms with van der Waals surface area (Å²) >= 11 is 1.80. The molecule has 1 heterocycles. The summed E-state index contributed by atoms with van der Waals surface area (Å²) in [4.78, 5) is 19.5. The first-order valence-corrected chi connectivity index (χ1v) is 13.6. The van der Waals surface area contributed by atoms with Gasteiger partial charge in [0, 0.05) is 23.3 Å². The van der Waals surface area contributed by atoms with Gasteiger partial charge < -0.3 is 0 Å². The lowest BCUT2D eigenvalue weighted by Gasteiger charge is -2.36. The minimum Gasteiger partial charge on any atom is -0.287 e. The molecule has 31 heavy (non-hydrogen) atoms. The summed E-state index contributed by atoms with van der Waals surface area (Å²) in [6.45, 7) is 3.10. The first-order chi connectivity index (χ1) is 15.2. The minimum absolute atomic E-state index is 0.00863. The van der Waals surface area contributed by atoms with Crippen molar-refractivity contribution >= 4 is 11.8 Å². The van der Waals surface area contributed by atoms with Crippen molar-refractivity contribution in [2.75, 3.05) is 5.75 Å². The Labute approximate surface area is 191 Å². The smallest absolute Gasteiger partial charge is 0.258 e. The van der Waals surface area contributed by atoms with Crippen LogP contribution in [-0.4, -0.2) is 15.3 Å². The van der Waals surface area contributed by atoms with Crippen LogP contribution in [0.4, 0.5) is 0 Å². The highest BCUT2D eigenvalue weighted by Crippen LogP contribution is 2.50. The molecule has 0 unspecified atom stereocenters. The van der Waals surface area contributed by atoms with Crippen LogP contribution in [0.5, 0.6) is 0 Å². The number of nitrogens with zero attached hydrogens (tertiary/aromatic N) is 2. The third kappa shape index (κ3) is 4.01. The van der Waals surface area contributed by atoms with E-state index >= 15 is 0 Å².